The molecule has 35 heavy (non-hydrogen) atoms. The summed E-state index contributed by atoms with van der Waals surface area (Å²) in [4.78, 5) is 20.6. The number of para-hydroxylation sites is 2. The van der Waals surface area contributed by atoms with Gasteiger partial charge in [-0.05, 0) is 35.9 Å². The number of carbonyl (C=O) groups excluding carboxylic acids is 1. The van der Waals surface area contributed by atoms with E-state index in [2.05, 4.69) is 11.1 Å². The molecule has 2 aromatic carbocycles. The first-order valence-corrected chi connectivity index (χ1v) is 11.1. The number of piperazine rings is 1. The molecule has 1 aliphatic rings. The fourth-order valence-corrected chi connectivity index (χ4v) is 3.70. The molecule has 2 heterocycles. The lowest BCUT2D eigenvalue weighted by atomic mass is 10.2. The zero-order valence-electron chi connectivity index (χ0n) is 19.6. The van der Waals surface area contributed by atoms with Gasteiger partial charge in [0.05, 0.1) is 14.2 Å². The van der Waals surface area contributed by atoms with Crippen LogP contribution in [-0.4, -0.2) is 62.8 Å². The Morgan fingerprint density at radius 3 is 2.40 bits per heavy atom. The minimum Gasteiger partial charge on any atom is -0.497 e. The van der Waals surface area contributed by atoms with Crippen LogP contribution in [0.25, 0.3) is 12.2 Å². The quantitative estimate of drug-likeness (QED) is 0.489. The number of oxazole rings is 1. The van der Waals surface area contributed by atoms with E-state index in [0.29, 0.717) is 49.5 Å². The molecule has 0 aliphatic carbocycles. The number of nitrogens with zero attached hydrogens (tertiary/aromatic N) is 4. The number of anilines is 1. The number of amides is 1. The molecule has 0 unspecified atom stereocenters. The first-order chi connectivity index (χ1) is 17.1. The van der Waals surface area contributed by atoms with Crippen LogP contribution in [0, 0.1) is 11.3 Å². The summed E-state index contributed by atoms with van der Waals surface area (Å²) in [5.74, 6) is 2.53. The summed E-state index contributed by atoms with van der Waals surface area (Å²) in [7, 11) is 3.18. The standard InChI is InChI=1S/C26H26N4O5/c1-32-20-10-7-19(8-11-20)9-12-24-28-21(17-27)26(35-24)30-15-13-29(14-16-30)25(31)18-34-23-6-4-3-5-22(23)33-2/h3-12H,13-16,18H2,1-2H3/b12-9+. The SMILES string of the molecule is COc1ccc(/C=C/c2nc(C#N)c(N3CCN(C(=O)COc4ccccc4OC)CC3)o2)cc1. The maximum atomic E-state index is 12.6. The highest BCUT2D eigenvalue weighted by Gasteiger charge is 2.26. The zero-order chi connectivity index (χ0) is 24.6. The summed E-state index contributed by atoms with van der Waals surface area (Å²) in [6.45, 7) is 1.93. The van der Waals surface area contributed by atoms with E-state index in [1.807, 2.05) is 47.4 Å². The molecule has 0 saturated carbocycles. The second kappa shape index (κ2) is 11.1. The highest BCUT2D eigenvalue weighted by molar-refractivity contribution is 5.78. The Bertz CT molecular complexity index is 1220. The van der Waals surface area contributed by atoms with Crippen molar-refractivity contribution in [3.05, 3.63) is 65.7 Å². The molecule has 0 spiro atoms. The largest absolute Gasteiger partial charge is 0.497 e. The topological polar surface area (TPSA) is 101 Å². The molecule has 1 fully saturated rings. The first kappa shape index (κ1) is 23.7. The van der Waals surface area contributed by atoms with Crippen molar-refractivity contribution in [3.8, 4) is 23.3 Å². The maximum Gasteiger partial charge on any atom is 0.260 e. The molecule has 180 valence electrons. The van der Waals surface area contributed by atoms with Gasteiger partial charge in [-0.15, -0.1) is 0 Å². The molecule has 9 heteroatoms. The second-order valence-electron chi connectivity index (χ2n) is 7.73. The van der Waals surface area contributed by atoms with Gasteiger partial charge in [0.25, 0.3) is 5.91 Å². The Balaban J connectivity index is 1.34. The summed E-state index contributed by atoms with van der Waals surface area (Å²) in [5, 5.41) is 9.54. The van der Waals surface area contributed by atoms with Crippen molar-refractivity contribution >= 4 is 23.9 Å². The molecule has 0 bridgehead atoms. The summed E-state index contributed by atoms with van der Waals surface area (Å²) in [5.41, 5.74) is 1.17. The Morgan fingerprint density at radius 2 is 1.74 bits per heavy atom. The molecular weight excluding hydrogens is 448 g/mol. The first-order valence-electron chi connectivity index (χ1n) is 11.1. The van der Waals surface area contributed by atoms with Crippen LogP contribution in [0.5, 0.6) is 17.2 Å². The molecule has 1 amide bonds. The van der Waals surface area contributed by atoms with E-state index in [4.69, 9.17) is 18.6 Å². The van der Waals surface area contributed by atoms with Crippen molar-refractivity contribution in [2.75, 3.05) is 51.9 Å². The number of carbonyl (C=O) groups is 1. The fraction of sp³-hybridized carbons (Fsp3) is 0.269. The van der Waals surface area contributed by atoms with Crippen LogP contribution in [0.2, 0.25) is 0 Å². The summed E-state index contributed by atoms with van der Waals surface area (Å²) >= 11 is 0. The average molecular weight is 475 g/mol. The second-order valence-corrected chi connectivity index (χ2v) is 7.73. The van der Waals surface area contributed by atoms with Crippen molar-refractivity contribution < 1.29 is 23.4 Å². The van der Waals surface area contributed by atoms with Crippen LogP contribution in [0.1, 0.15) is 17.1 Å². The summed E-state index contributed by atoms with van der Waals surface area (Å²) in [6, 6.07) is 16.9. The number of benzene rings is 2. The maximum absolute atomic E-state index is 12.6. The molecule has 0 atom stereocenters. The van der Waals surface area contributed by atoms with Gasteiger partial charge in [0, 0.05) is 32.3 Å². The number of rotatable bonds is 8. The number of methoxy groups -OCH3 is 2. The van der Waals surface area contributed by atoms with Crippen LogP contribution < -0.4 is 19.1 Å². The smallest absolute Gasteiger partial charge is 0.260 e. The molecule has 9 nitrogen and oxygen atoms in total. The highest BCUT2D eigenvalue weighted by atomic mass is 16.5. The van der Waals surface area contributed by atoms with Crippen molar-refractivity contribution in [1.29, 1.82) is 5.26 Å². The predicted octanol–water partition coefficient (Wildman–Crippen LogP) is 3.46. The van der Waals surface area contributed by atoms with Crippen LogP contribution in [-0.2, 0) is 4.79 Å². The fourth-order valence-electron chi connectivity index (χ4n) is 3.70. The number of hydrogen-bond donors (Lipinski definition) is 0. The van der Waals surface area contributed by atoms with Gasteiger partial charge in [-0.1, -0.05) is 24.3 Å². The number of ether oxygens (including phenoxy) is 3. The van der Waals surface area contributed by atoms with E-state index in [9.17, 15) is 10.1 Å². The number of hydrogen-bond acceptors (Lipinski definition) is 8. The Labute approximate surface area is 203 Å². The highest BCUT2D eigenvalue weighted by Crippen LogP contribution is 2.26. The predicted molar refractivity (Wildman–Crippen MR) is 130 cm³/mol. The van der Waals surface area contributed by atoms with E-state index in [1.54, 1.807) is 37.3 Å². The van der Waals surface area contributed by atoms with Gasteiger partial charge < -0.3 is 28.4 Å². The molecule has 0 radical (unpaired) electrons. The molecule has 1 saturated heterocycles. The lowest BCUT2D eigenvalue weighted by molar-refractivity contribution is -0.133. The van der Waals surface area contributed by atoms with Gasteiger partial charge in [-0.25, -0.2) is 0 Å². The third-order valence-corrected chi connectivity index (χ3v) is 5.61. The third kappa shape index (κ3) is 5.73. The third-order valence-electron chi connectivity index (χ3n) is 5.61. The minimum absolute atomic E-state index is 0.0770. The lowest BCUT2D eigenvalue weighted by Crippen LogP contribution is -2.50. The Kier molecular flexibility index (Phi) is 7.53. The van der Waals surface area contributed by atoms with E-state index in [1.165, 1.54) is 0 Å². The van der Waals surface area contributed by atoms with Crippen molar-refractivity contribution in [2.45, 2.75) is 0 Å². The average Bonchev–Trinajstić information content (AvgIpc) is 3.34. The van der Waals surface area contributed by atoms with E-state index in [0.717, 1.165) is 11.3 Å². The number of nitriles is 1. The van der Waals surface area contributed by atoms with Crippen LogP contribution in [0.15, 0.2) is 52.9 Å². The van der Waals surface area contributed by atoms with Gasteiger partial charge in [0.2, 0.25) is 17.5 Å². The molecule has 4 rings (SSSR count). The van der Waals surface area contributed by atoms with Crippen molar-refractivity contribution in [2.24, 2.45) is 0 Å². The normalized spacial score (nSPS) is 13.5. The van der Waals surface area contributed by atoms with Crippen LogP contribution in [0.4, 0.5) is 5.88 Å². The molecule has 3 aromatic rings. The van der Waals surface area contributed by atoms with Crippen LogP contribution in [0.3, 0.4) is 0 Å². The lowest BCUT2D eigenvalue weighted by Gasteiger charge is -2.34. The molecule has 0 N–H and O–H groups in total. The van der Waals surface area contributed by atoms with Crippen molar-refractivity contribution in [3.63, 3.8) is 0 Å². The van der Waals surface area contributed by atoms with E-state index < -0.39 is 0 Å². The van der Waals surface area contributed by atoms with Gasteiger partial charge in [-0.3, -0.25) is 4.79 Å². The molecule has 1 aromatic heterocycles. The molecular formula is C26H26N4O5. The van der Waals surface area contributed by atoms with Crippen LogP contribution >= 0.6 is 0 Å². The van der Waals surface area contributed by atoms with E-state index >= 15 is 0 Å². The monoisotopic (exact) mass is 474 g/mol. The van der Waals surface area contributed by atoms with E-state index in [-0.39, 0.29) is 18.2 Å². The van der Waals surface area contributed by atoms with Gasteiger partial charge >= 0.3 is 0 Å². The Hall–Kier alpha value is -4.45. The summed E-state index contributed by atoms with van der Waals surface area (Å²) in [6.07, 6.45) is 3.58. The van der Waals surface area contributed by atoms with Gasteiger partial charge in [0.15, 0.2) is 18.1 Å². The zero-order valence-corrected chi connectivity index (χ0v) is 19.6. The summed E-state index contributed by atoms with van der Waals surface area (Å²) < 4.78 is 21.9. The molecule has 1 aliphatic heterocycles. The minimum atomic E-state index is -0.114. The van der Waals surface area contributed by atoms with Crippen molar-refractivity contribution in [1.82, 2.24) is 9.88 Å². The number of aromatic nitrogens is 1. The Morgan fingerprint density at radius 1 is 1.03 bits per heavy atom. The van der Waals surface area contributed by atoms with Gasteiger partial charge in [0.1, 0.15) is 11.8 Å². The van der Waals surface area contributed by atoms with Gasteiger partial charge in [-0.2, -0.15) is 10.2 Å².